The Hall–Kier alpha value is 0.234. The first kappa shape index (κ1) is 12.2. The molecule has 0 aromatic carbocycles. The molecule has 0 aliphatic rings. The third-order valence-corrected chi connectivity index (χ3v) is 2.69. The van der Waals surface area contributed by atoms with E-state index in [0.717, 1.165) is 19.3 Å². The predicted octanol–water partition coefficient (Wildman–Crippen LogP) is -1.16. The maximum Gasteiger partial charge on any atom is 0.701 e. The summed E-state index contributed by atoms with van der Waals surface area (Å²) in [5, 5.41) is 0. The van der Waals surface area contributed by atoms with Gasteiger partial charge >= 0.3 is 9.05 Å². The van der Waals surface area contributed by atoms with Gasteiger partial charge in [-0.05, 0) is 6.42 Å². The topological polar surface area (TPSA) is 68.2 Å². The van der Waals surface area contributed by atoms with Crippen LogP contribution in [0.2, 0.25) is 0 Å². The third-order valence-electron chi connectivity index (χ3n) is 1.23. The zero-order valence-electron chi connectivity index (χ0n) is 7.45. The molecule has 0 spiro atoms. The Bertz CT molecular complexity index is 110. The molecule has 0 unspecified atom stereocenters. The molecule has 0 saturated carbocycles. The molecule has 0 aliphatic heterocycles. The van der Waals surface area contributed by atoms with Crippen molar-refractivity contribution in [3.63, 3.8) is 0 Å². The first-order valence-electron chi connectivity index (χ1n) is 3.93. The second kappa shape index (κ2) is 6.72. The molecular weight excluding hydrogens is 196 g/mol. The number of unbranched alkanes of at least 4 members (excludes halogenated alkanes) is 2. The Balaban J connectivity index is 3.33. The predicted molar refractivity (Wildman–Crippen MR) is 47.8 cm³/mol. The molecule has 0 aromatic heterocycles. The van der Waals surface area contributed by atoms with Crippen LogP contribution in [-0.4, -0.2) is 35.7 Å². The number of hydrogen-bond donors (Lipinski definition) is 2. The summed E-state index contributed by atoms with van der Waals surface area (Å²) < 4.78 is 13.1. The van der Waals surface area contributed by atoms with Gasteiger partial charge in [0, 0.05) is 6.61 Å². The Morgan fingerprint density at radius 2 is 2.00 bits per heavy atom. The first-order valence-corrected chi connectivity index (χ1v) is 6.45. The van der Waals surface area contributed by atoms with Crippen molar-refractivity contribution in [1.82, 2.24) is 0 Å². The fraction of sp³-hybridized carbons (Fsp3) is 1.00. The van der Waals surface area contributed by atoms with E-state index in [1.54, 1.807) is 0 Å². The minimum absolute atomic E-state index is 0.293. The fourth-order valence-electron chi connectivity index (χ4n) is 0.690. The van der Waals surface area contributed by atoms with Gasteiger partial charge in [-0.15, -0.1) is 0 Å². The second-order valence-corrected chi connectivity index (χ2v) is 4.24. The molecule has 0 heterocycles. The smallest absolute Gasteiger partial charge is 0.366 e. The summed E-state index contributed by atoms with van der Waals surface area (Å²) >= 11 is 0. The summed E-state index contributed by atoms with van der Waals surface area (Å²) in [6, 6.07) is 0. The van der Waals surface area contributed by atoms with E-state index in [-0.39, 0.29) is 0 Å². The van der Waals surface area contributed by atoms with Crippen LogP contribution in [0.1, 0.15) is 26.2 Å². The van der Waals surface area contributed by atoms with Gasteiger partial charge in [-0.3, -0.25) is 0 Å². The third kappa shape index (κ3) is 6.91. The molecule has 0 saturated heterocycles. The lowest BCUT2D eigenvalue weighted by molar-refractivity contribution is -0.182. The highest BCUT2D eigenvalue weighted by atomic mass is 28.4. The van der Waals surface area contributed by atoms with Gasteiger partial charge < -0.3 is 18.6 Å². The van der Waals surface area contributed by atoms with Gasteiger partial charge in [0.1, 0.15) is 0 Å². The lowest BCUT2D eigenvalue weighted by Crippen LogP contribution is -2.42. The van der Waals surface area contributed by atoms with Crippen LogP contribution in [0.25, 0.3) is 0 Å². The molecule has 0 rings (SSSR count). The van der Waals surface area contributed by atoms with E-state index in [1.807, 2.05) is 0 Å². The fourth-order valence-corrected chi connectivity index (χ4v) is 2.02. The van der Waals surface area contributed by atoms with Crippen molar-refractivity contribution in [1.29, 1.82) is 0 Å². The molecule has 12 heavy (non-hydrogen) atoms. The molecule has 0 fully saturated rings. The lowest BCUT2D eigenvalue weighted by Gasteiger charge is -2.14. The molecule has 0 aromatic rings. The van der Waals surface area contributed by atoms with Crippen molar-refractivity contribution in [2.24, 2.45) is 0 Å². The molecular formula is C5H16O5Si2. The average Bonchev–Trinajstić information content (AvgIpc) is 1.98. The van der Waals surface area contributed by atoms with E-state index in [2.05, 4.69) is 16.1 Å². The van der Waals surface area contributed by atoms with Gasteiger partial charge in [0.2, 0.25) is 0 Å². The van der Waals surface area contributed by atoms with Crippen LogP contribution in [-0.2, 0) is 13.6 Å². The standard InChI is InChI=1S/C5H16O5Si2/c1-2-3-4-5-8-12(6,7)10-9-11/h6-7H,2-5H2,1,11H3. The first-order chi connectivity index (χ1) is 5.62. The quantitative estimate of drug-likeness (QED) is 0.241. The molecule has 5 nitrogen and oxygen atoms in total. The van der Waals surface area contributed by atoms with Crippen molar-refractivity contribution < 1.29 is 23.2 Å². The van der Waals surface area contributed by atoms with Gasteiger partial charge in [-0.1, -0.05) is 19.8 Å². The highest BCUT2D eigenvalue weighted by Crippen LogP contribution is 2.01. The highest BCUT2D eigenvalue weighted by Gasteiger charge is 2.37. The summed E-state index contributed by atoms with van der Waals surface area (Å²) in [6.45, 7) is 2.36. The van der Waals surface area contributed by atoms with Crippen LogP contribution in [0.4, 0.5) is 0 Å². The van der Waals surface area contributed by atoms with Crippen molar-refractivity contribution >= 4 is 19.5 Å². The normalized spacial score (nSPS) is 12.2. The van der Waals surface area contributed by atoms with Crippen molar-refractivity contribution in [2.75, 3.05) is 6.61 Å². The van der Waals surface area contributed by atoms with E-state index in [9.17, 15) is 0 Å². The average molecular weight is 212 g/mol. The lowest BCUT2D eigenvalue weighted by atomic mass is 10.3. The monoisotopic (exact) mass is 212 g/mol. The van der Waals surface area contributed by atoms with E-state index in [0.29, 0.717) is 17.1 Å². The Morgan fingerprint density at radius 1 is 1.33 bits per heavy atom. The van der Waals surface area contributed by atoms with Gasteiger partial charge in [0.05, 0.1) is 0 Å². The Morgan fingerprint density at radius 3 is 2.50 bits per heavy atom. The highest BCUT2D eigenvalue weighted by molar-refractivity contribution is 6.50. The largest absolute Gasteiger partial charge is 0.701 e. The Kier molecular flexibility index (Phi) is 6.85. The summed E-state index contributed by atoms with van der Waals surface area (Å²) in [5.41, 5.74) is 0. The van der Waals surface area contributed by atoms with E-state index < -0.39 is 9.05 Å². The summed E-state index contributed by atoms with van der Waals surface area (Å²) in [7, 11) is -3.65. The van der Waals surface area contributed by atoms with Crippen LogP contribution in [0.3, 0.4) is 0 Å². The van der Waals surface area contributed by atoms with E-state index >= 15 is 0 Å². The molecule has 2 N–H and O–H groups in total. The van der Waals surface area contributed by atoms with Gasteiger partial charge in [-0.2, -0.15) is 0 Å². The SMILES string of the molecule is CCCCCO[Si](O)(O)OO[SiH3]. The van der Waals surface area contributed by atoms with Gasteiger partial charge in [0.15, 0.2) is 10.5 Å². The number of hydrogen-bond acceptors (Lipinski definition) is 5. The molecule has 0 amide bonds. The van der Waals surface area contributed by atoms with Crippen LogP contribution in [0, 0.1) is 0 Å². The summed E-state index contributed by atoms with van der Waals surface area (Å²) in [6.07, 6.45) is 2.87. The maximum atomic E-state index is 8.96. The van der Waals surface area contributed by atoms with Crippen LogP contribution in [0.15, 0.2) is 0 Å². The molecule has 0 atom stereocenters. The second-order valence-electron chi connectivity index (χ2n) is 2.35. The molecule has 74 valence electrons. The van der Waals surface area contributed by atoms with Crippen molar-refractivity contribution in [3.8, 4) is 0 Å². The van der Waals surface area contributed by atoms with E-state index in [4.69, 9.17) is 14.0 Å². The van der Waals surface area contributed by atoms with Crippen molar-refractivity contribution in [3.05, 3.63) is 0 Å². The van der Waals surface area contributed by atoms with Crippen molar-refractivity contribution in [2.45, 2.75) is 26.2 Å². The zero-order valence-corrected chi connectivity index (χ0v) is 10.4. The minimum Gasteiger partial charge on any atom is -0.366 e. The molecule has 0 bridgehead atoms. The van der Waals surface area contributed by atoms with E-state index in [1.165, 1.54) is 0 Å². The molecule has 0 aliphatic carbocycles. The van der Waals surface area contributed by atoms with Crippen LogP contribution < -0.4 is 0 Å². The minimum atomic E-state index is -3.94. The molecule has 7 heteroatoms. The Labute approximate surface area is 76.2 Å². The van der Waals surface area contributed by atoms with Gasteiger partial charge in [0.25, 0.3) is 0 Å². The zero-order chi connectivity index (χ0) is 9.45. The molecule has 0 radical (unpaired) electrons. The van der Waals surface area contributed by atoms with Crippen LogP contribution in [0.5, 0.6) is 0 Å². The number of rotatable bonds is 7. The maximum absolute atomic E-state index is 8.96. The van der Waals surface area contributed by atoms with Crippen LogP contribution >= 0.6 is 0 Å². The van der Waals surface area contributed by atoms with Gasteiger partial charge in [-0.25, -0.2) is 4.58 Å². The summed E-state index contributed by atoms with van der Waals surface area (Å²) in [5.74, 6) is 0. The summed E-state index contributed by atoms with van der Waals surface area (Å²) in [4.78, 5) is 17.9.